The van der Waals surface area contributed by atoms with E-state index in [1.807, 2.05) is 30.3 Å². The molecule has 0 bridgehead atoms. The van der Waals surface area contributed by atoms with Crippen molar-refractivity contribution in [2.45, 2.75) is 25.4 Å². The van der Waals surface area contributed by atoms with Crippen LogP contribution in [0.1, 0.15) is 34.5 Å². The van der Waals surface area contributed by atoms with E-state index in [4.69, 9.17) is 20.9 Å². The van der Waals surface area contributed by atoms with Gasteiger partial charge in [-0.1, -0.05) is 53.2 Å². The molecule has 0 aliphatic carbocycles. The van der Waals surface area contributed by atoms with E-state index in [1.165, 1.54) is 11.1 Å². The third-order valence-corrected chi connectivity index (χ3v) is 4.49. The summed E-state index contributed by atoms with van der Waals surface area (Å²) in [5.74, 6) is 1.29. The number of hydrogen-bond donors (Lipinski definition) is 0. The van der Waals surface area contributed by atoms with E-state index in [1.54, 1.807) is 0 Å². The molecule has 1 unspecified atom stereocenters. The van der Waals surface area contributed by atoms with E-state index in [0.29, 0.717) is 24.6 Å². The van der Waals surface area contributed by atoms with Crippen LogP contribution < -0.4 is 0 Å². The Balaban J connectivity index is 1.47. The van der Waals surface area contributed by atoms with Crippen LogP contribution >= 0.6 is 11.6 Å². The quantitative estimate of drug-likeness (QED) is 0.715. The number of hydrogen-bond acceptors (Lipinski definition) is 4. The Kier molecular flexibility index (Phi) is 4.32. The number of nitrogens with zero attached hydrogens (tertiary/aromatic N) is 2. The Morgan fingerprint density at radius 1 is 1.08 bits per heavy atom. The van der Waals surface area contributed by atoms with Crippen LogP contribution in [-0.2, 0) is 24.0 Å². The highest BCUT2D eigenvalue weighted by atomic mass is 35.5. The minimum absolute atomic E-state index is 0.0150. The van der Waals surface area contributed by atoms with E-state index in [0.717, 1.165) is 23.6 Å². The molecule has 0 radical (unpaired) electrons. The first-order chi connectivity index (χ1) is 11.8. The molecule has 0 saturated heterocycles. The van der Waals surface area contributed by atoms with Crippen molar-refractivity contribution in [1.29, 1.82) is 0 Å². The van der Waals surface area contributed by atoms with Crippen molar-refractivity contribution in [3.05, 3.63) is 82.0 Å². The zero-order valence-electron chi connectivity index (χ0n) is 13.1. The van der Waals surface area contributed by atoms with E-state index in [2.05, 4.69) is 28.3 Å². The van der Waals surface area contributed by atoms with Crippen LogP contribution in [0.15, 0.2) is 53.1 Å². The maximum absolute atomic E-state index is 5.91. The maximum atomic E-state index is 5.91. The lowest BCUT2D eigenvalue weighted by Crippen LogP contribution is -2.18. The minimum atomic E-state index is -0.0150. The molecule has 1 aliphatic rings. The fourth-order valence-electron chi connectivity index (χ4n) is 3.03. The topological polar surface area (TPSA) is 48.2 Å². The summed E-state index contributed by atoms with van der Waals surface area (Å²) in [6.45, 7) is 0.730. The molecule has 2 aromatic carbocycles. The van der Waals surface area contributed by atoms with Gasteiger partial charge in [-0.3, -0.25) is 0 Å². The smallest absolute Gasteiger partial charge is 0.229 e. The largest absolute Gasteiger partial charge is 0.373 e. The number of ether oxygens (including phenoxy) is 1. The van der Waals surface area contributed by atoms with Crippen molar-refractivity contribution in [3.63, 3.8) is 0 Å². The second kappa shape index (κ2) is 6.75. The molecule has 4 rings (SSSR count). The summed E-state index contributed by atoms with van der Waals surface area (Å²) < 4.78 is 11.3. The van der Waals surface area contributed by atoms with E-state index in [-0.39, 0.29) is 6.10 Å². The lowest BCUT2D eigenvalue weighted by molar-refractivity contribution is 0.0375. The average Bonchev–Trinajstić information content (AvgIpc) is 3.04. The van der Waals surface area contributed by atoms with Gasteiger partial charge in [0.25, 0.3) is 0 Å². The fourth-order valence-corrected chi connectivity index (χ4v) is 3.16. The van der Waals surface area contributed by atoms with Gasteiger partial charge in [0.05, 0.1) is 19.1 Å². The summed E-state index contributed by atoms with van der Waals surface area (Å²) in [7, 11) is 0. The van der Waals surface area contributed by atoms with Crippen LogP contribution in [0.3, 0.4) is 0 Å². The molecule has 1 aliphatic heterocycles. The van der Waals surface area contributed by atoms with Crippen LogP contribution in [0.2, 0.25) is 5.02 Å². The molecular formula is C19H17ClN2O2. The number of fused-ring (bicyclic) bond motifs is 1. The molecule has 5 heteroatoms. The van der Waals surface area contributed by atoms with Crippen LogP contribution in [0.25, 0.3) is 0 Å². The molecule has 2 heterocycles. The van der Waals surface area contributed by atoms with Crippen LogP contribution in [-0.4, -0.2) is 16.7 Å². The summed E-state index contributed by atoms with van der Waals surface area (Å²) in [6.07, 6.45) is 2.17. The predicted octanol–water partition coefficient (Wildman–Crippen LogP) is 4.17. The first kappa shape index (κ1) is 15.4. The number of benzene rings is 2. The number of rotatable bonds is 4. The van der Waals surface area contributed by atoms with Crippen molar-refractivity contribution in [2.24, 2.45) is 0 Å². The Morgan fingerprint density at radius 3 is 2.79 bits per heavy atom. The van der Waals surface area contributed by atoms with Crippen LogP contribution in [0, 0.1) is 0 Å². The molecule has 0 saturated carbocycles. The molecule has 0 amide bonds. The Hall–Kier alpha value is -2.17. The molecule has 0 fully saturated rings. The summed E-state index contributed by atoms with van der Waals surface area (Å²) in [6, 6.07) is 16.1. The van der Waals surface area contributed by atoms with Gasteiger partial charge in [-0.25, -0.2) is 0 Å². The van der Waals surface area contributed by atoms with Gasteiger partial charge in [-0.2, -0.15) is 4.98 Å². The van der Waals surface area contributed by atoms with Crippen molar-refractivity contribution in [2.75, 3.05) is 6.61 Å². The van der Waals surface area contributed by atoms with E-state index in [9.17, 15) is 0 Å². The van der Waals surface area contributed by atoms with Gasteiger partial charge in [0.15, 0.2) is 5.82 Å². The van der Waals surface area contributed by atoms with Gasteiger partial charge in [0, 0.05) is 11.4 Å². The SMILES string of the molecule is Clc1ccc(Cc2noc(CC3OCCc4ccccc43)n2)cc1. The molecule has 3 aromatic rings. The standard InChI is InChI=1S/C19H17ClN2O2/c20-15-7-5-13(6-8-15)11-18-21-19(24-22-18)12-17-16-4-2-1-3-14(16)9-10-23-17/h1-8,17H,9-12H2. The van der Waals surface area contributed by atoms with Crippen molar-refractivity contribution in [3.8, 4) is 0 Å². The van der Waals surface area contributed by atoms with E-state index >= 15 is 0 Å². The van der Waals surface area contributed by atoms with Crippen molar-refractivity contribution in [1.82, 2.24) is 10.1 Å². The second-order valence-electron chi connectivity index (χ2n) is 5.92. The Morgan fingerprint density at radius 2 is 1.92 bits per heavy atom. The molecule has 1 atom stereocenters. The third kappa shape index (κ3) is 3.35. The zero-order valence-corrected chi connectivity index (χ0v) is 13.9. The molecule has 24 heavy (non-hydrogen) atoms. The Bertz CT molecular complexity index is 829. The normalized spacial score (nSPS) is 16.8. The van der Waals surface area contributed by atoms with Gasteiger partial charge < -0.3 is 9.26 Å². The summed E-state index contributed by atoms with van der Waals surface area (Å²) in [5, 5.41) is 4.80. The van der Waals surface area contributed by atoms with Gasteiger partial charge in [-0.15, -0.1) is 0 Å². The lowest BCUT2D eigenvalue weighted by atomic mass is 9.96. The molecule has 1 aromatic heterocycles. The highest BCUT2D eigenvalue weighted by Gasteiger charge is 2.23. The van der Waals surface area contributed by atoms with E-state index < -0.39 is 0 Å². The third-order valence-electron chi connectivity index (χ3n) is 4.24. The first-order valence-electron chi connectivity index (χ1n) is 8.03. The minimum Gasteiger partial charge on any atom is -0.373 e. The molecule has 0 N–H and O–H groups in total. The monoisotopic (exact) mass is 340 g/mol. The number of halogens is 1. The summed E-state index contributed by atoms with van der Waals surface area (Å²) >= 11 is 5.90. The van der Waals surface area contributed by atoms with Gasteiger partial charge in [0.2, 0.25) is 5.89 Å². The highest BCUT2D eigenvalue weighted by Crippen LogP contribution is 2.29. The van der Waals surface area contributed by atoms with Gasteiger partial charge >= 0.3 is 0 Å². The van der Waals surface area contributed by atoms with Gasteiger partial charge in [-0.05, 0) is 35.2 Å². The average molecular weight is 341 g/mol. The molecule has 122 valence electrons. The maximum Gasteiger partial charge on any atom is 0.229 e. The summed E-state index contributed by atoms with van der Waals surface area (Å²) in [5.41, 5.74) is 3.67. The zero-order chi connectivity index (χ0) is 16.4. The van der Waals surface area contributed by atoms with Gasteiger partial charge in [0.1, 0.15) is 0 Å². The number of aromatic nitrogens is 2. The van der Waals surface area contributed by atoms with Crippen molar-refractivity contribution < 1.29 is 9.26 Å². The van der Waals surface area contributed by atoms with Crippen molar-refractivity contribution >= 4 is 11.6 Å². The second-order valence-corrected chi connectivity index (χ2v) is 6.36. The molecular weight excluding hydrogens is 324 g/mol. The fraction of sp³-hybridized carbons (Fsp3) is 0.263. The molecule has 0 spiro atoms. The Labute approximate surface area is 145 Å². The first-order valence-corrected chi connectivity index (χ1v) is 8.41. The molecule has 4 nitrogen and oxygen atoms in total. The van der Waals surface area contributed by atoms with Crippen LogP contribution in [0.4, 0.5) is 0 Å². The predicted molar refractivity (Wildman–Crippen MR) is 91.1 cm³/mol. The van der Waals surface area contributed by atoms with Crippen LogP contribution in [0.5, 0.6) is 0 Å². The summed E-state index contributed by atoms with van der Waals surface area (Å²) in [4.78, 5) is 4.50. The lowest BCUT2D eigenvalue weighted by Gasteiger charge is -2.24. The highest BCUT2D eigenvalue weighted by molar-refractivity contribution is 6.30.